The molecule has 2 aromatic heterocycles. The molecule has 1 atom stereocenters. The number of hydrogen-bond donors (Lipinski definition) is 0. The molecule has 3 aromatic rings. The molecular formula is C16H19N5O2S. The predicted octanol–water partition coefficient (Wildman–Crippen LogP) is 2.16. The fourth-order valence-electron chi connectivity index (χ4n) is 2.65. The summed E-state index contributed by atoms with van der Waals surface area (Å²) in [5.41, 5.74) is 0. The Hall–Kier alpha value is -2.03. The number of hydrogen-bond acceptors (Lipinski definition) is 7. The number of nitrogens with zero attached hydrogens (tertiary/aromatic N) is 5. The van der Waals surface area contributed by atoms with Crippen LogP contribution in [0.4, 0.5) is 0 Å². The maximum Gasteiger partial charge on any atom is 0.234 e. The zero-order chi connectivity index (χ0) is 16.4. The lowest BCUT2D eigenvalue weighted by Crippen LogP contribution is -2.36. The summed E-state index contributed by atoms with van der Waals surface area (Å²) in [6.45, 7) is 6.11. The zero-order valence-corrected chi connectivity index (χ0v) is 14.3. The highest BCUT2D eigenvalue weighted by Crippen LogP contribution is 2.25. The lowest BCUT2D eigenvalue weighted by atomic mass is 10.3. The van der Waals surface area contributed by atoms with Gasteiger partial charge in [-0.05, 0) is 19.1 Å². The van der Waals surface area contributed by atoms with Gasteiger partial charge in [0.05, 0.1) is 19.8 Å². The van der Waals surface area contributed by atoms with E-state index in [0.29, 0.717) is 0 Å². The van der Waals surface area contributed by atoms with Crippen molar-refractivity contribution >= 4 is 16.3 Å². The molecule has 24 heavy (non-hydrogen) atoms. The van der Waals surface area contributed by atoms with E-state index in [1.54, 1.807) is 0 Å². The van der Waals surface area contributed by atoms with E-state index in [0.717, 1.165) is 54.4 Å². The molecule has 3 heterocycles. The molecule has 4 rings (SSSR count). The molecule has 0 bridgehead atoms. The molecule has 7 nitrogen and oxygen atoms in total. The molecule has 1 unspecified atom stereocenters. The van der Waals surface area contributed by atoms with Gasteiger partial charge in [0.2, 0.25) is 4.96 Å². The molecule has 1 aromatic carbocycles. The van der Waals surface area contributed by atoms with Gasteiger partial charge in [0.25, 0.3) is 0 Å². The van der Waals surface area contributed by atoms with E-state index < -0.39 is 0 Å². The Kier molecular flexibility index (Phi) is 4.42. The number of ether oxygens (including phenoxy) is 2. The van der Waals surface area contributed by atoms with Gasteiger partial charge in [0, 0.05) is 13.1 Å². The smallest absolute Gasteiger partial charge is 0.234 e. The normalized spacial score (nSPS) is 17.2. The van der Waals surface area contributed by atoms with Crippen molar-refractivity contribution in [2.45, 2.75) is 19.6 Å². The molecule has 8 heteroatoms. The van der Waals surface area contributed by atoms with Gasteiger partial charge in [-0.25, -0.2) is 0 Å². The first kappa shape index (κ1) is 15.5. The fraction of sp³-hybridized carbons (Fsp3) is 0.438. The Morgan fingerprint density at radius 2 is 2.00 bits per heavy atom. The molecule has 0 N–H and O–H groups in total. The summed E-state index contributed by atoms with van der Waals surface area (Å²) in [4.78, 5) is 3.11. The first-order valence-corrected chi connectivity index (χ1v) is 8.84. The number of morpholine rings is 1. The molecule has 1 aliphatic heterocycles. The van der Waals surface area contributed by atoms with Gasteiger partial charge in [0.1, 0.15) is 11.9 Å². The van der Waals surface area contributed by atoms with Crippen molar-refractivity contribution in [3.8, 4) is 5.75 Å². The standard InChI is InChI=1S/C16H19N5O2S/c1-12(23-13-5-3-2-4-6-13)15-19-21-14(17-18-16(21)24-15)11-20-7-9-22-10-8-20/h2-6,12H,7-11H2,1H3. The van der Waals surface area contributed by atoms with Crippen molar-refractivity contribution in [3.05, 3.63) is 41.2 Å². The number of para-hydroxylation sites is 1. The Labute approximate surface area is 143 Å². The molecule has 1 fully saturated rings. The van der Waals surface area contributed by atoms with Gasteiger partial charge in [-0.2, -0.15) is 9.61 Å². The molecule has 1 aliphatic rings. The summed E-state index contributed by atoms with van der Waals surface area (Å²) >= 11 is 1.52. The zero-order valence-electron chi connectivity index (χ0n) is 13.5. The highest BCUT2D eigenvalue weighted by molar-refractivity contribution is 7.16. The van der Waals surface area contributed by atoms with Crippen molar-refractivity contribution in [3.63, 3.8) is 0 Å². The highest BCUT2D eigenvalue weighted by atomic mass is 32.1. The topological polar surface area (TPSA) is 64.8 Å². The van der Waals surface area contributed by atoms with Crippen molar-refractivity contribution in [2.75, 3.05) is 26.3 Å². The quantitative estimate of drug-likeness (QED) is 0.706. The van der Waals surface area contributed by atoms with E-state index in [4.69, 9.17) is 9.47 Å². The monoisotopic (exact) mass is 345 g/mol. The average molecular weight is 345 g/mol. The summed E-state index contributed by atoms with van der Waals surface area (Å²) in [6, 6.07) is 9.78. The second kappa shape index (κ2) is 6.84. The number of fused-ring (bicyclic) bond motifs is 1. The largest absolute Gasteiger partial charge is 0.483 e. The van der Waals surface area contributed by atoms with E-state index in [-0.39, 0.29) is 6.10 Å². The average Bonchev–Trinajstić information content (AvgIpc) is 3.19. The van der Waals surface area contributed by atoms with E-state index in [1.165, 1.54) is 11.3 Å². The molecular weight excluding hydrogens is 326 g/mol. The van der Waals surface area contributed by atoms with Gasteiger partial charge >= 0.3 is 0 Å². The Bertz CT molecular complexity index is 797. The minimum atomic E-state index is -0.129. The second-order valence-corrected chi connectivity index (χ2v) is 6.70. The number of benzene rings is 1. The maximum absolute atomic E-state index is 5.95. The van der Waals surface area contributed by atoms with Crippen LogP contribution in [-0.4, -0.2) is 51.0 Å². The van der Waals surface area contributed by atoms with Crippen LogP contribution in [0.25, 0.3) is 4.96 Å². The summed E-state index contributed by atoms with van der Waals surface area (Å²) in [7, 11) is 0. The van der Waals surface area contributed by atoms with Crippen molar-refractivity contribution in [1.82, 2.24) is 24.7 Å². The lowest BCUT2D eigenvalue weighted by molar-refractivity contribution is 0.0328. The van der Waals surface area contributed by atoms with Gasteiger partial charge in [-0.3, -0.25) is 4.90 Å². The molecule has 0 aliphatic carbocycles. The van der Waals surface area contributed by atoms with Crippen LogP contribution >= 0.6 is 11.3 Å². The van der Waals surface area contributed by atoms with Crippen LogP contribution in [0, 0.1) is 0 Å². The van der Waals surface area contributed by atoms with Gasteiger partial charge in [-0.1, -0.05) is 29.5 Å². The first-order chi connectivity index (χ1) is 11.8. The van der Waals surface area contributed by atoms with Crippen molar-refractivity contribution in [1.29, 1.82) is 0 Å². The van der Waals surface area contributed by atoms with E-state index in [9.17, 15) is 0 Å². The summed E-state index contributed by atoms with van der Waals surface area (Å²) < 4.78 is 13.2. The maximum atomic E-state index is 5.95. The predicted molar refractivity (Wildman–Crippen MR) is 90.2 cm³/mol. The van der Waals surface area contributed by atoms with Crippen LogP contribution in [0.3, 0.4) is 0 Å². The van der Waals surface area contributed by atoms with Crippen LogP contribution in [0.15, 0.2) is 30.3 Å². The van der Waals surface area contributed by atoms with Crippen molar-refractivity contribution in [2.24, 2.45) is 0 Å². The number of rotatable bonds is 5. The minimum Gasteiger partial charge on any atom is -0.483 e. The molecule has 0 radical (unpaired) electrons. The van der Waals surface area contributed by atoms with Gasteiger partial charge < -0.3 is 9.47 Å². The minimum absolute atomic E-state index is 0.129. The van der Waals surface area contributed by atoms with E-state index in [1.807, 2.05) is 41.8 Å². The third-order valence-corrected chi connectivity index (χ3v) is 5.00. The van der Waals surface area contributed by atoms with Crippen LogP contribution in [0.1, 0.15) is 23.9 Å². The second-order valence-electron chi connectivity index (χ2n) is 5.71. The Balaban J connectivity index is 1.50. The highest BCUT2D eigenvalue weighted by Gasteiger charge is 2.19. The summed E-state index contributed by atoms with van der Waals surface area (Å²) in [6.07, 6.45) is -0.129. The van der Waals surface area contributed by atoms with Crippen LogP contribution < -0.4 is 4.74 Å². The fourth-order valence-corrected chi connectivity index (χ4v) is 3.49. The third-order valence-electron chi connectivity index (χ3n) is 3.94. The van der Waals surface area contributed by atoms with Gasteiger partial charge in [0.15, 0.2) is 10.8 Å². The van der Waals surface area contributed by atoms with Crippen molar-refractivity contribution < 1.29 is 9.47 Å². The van der Waals surface area contributed by atoms with Crippen LogP contribution in [-0.2, 0) is 11.3 Å². The van der Waals surface area contributed by atoms with Crippen LogP contribution in [0.5, 0.6) is 5.75 Å². The third kappa shape index (κ3) is 3.26. The molecule has 0 spiro atoms. The molecule has 0 saturated carbocycles. The summed E-state index contributed by atoms with van der Waals surface area (Å²) in [5.74, 6) is 1.70. The Morgan fingerprint density at radius 3 is 2.79 bits per heavy atom. The SMILES string of the molecule is CC(Oc1ccccc1)c1nn2c(CN3CCOCC3)nnc2s1. The molecule has 1 saturated heterocycles. The van der Waals surface area contributed by atoms with E-state index in [2.05, 4.69) is 20.2 Å². The lowest BCUT2D eigenvalue weighted by Gasteiger charge is -2.25. The van der Waals surface area contributed by atoms with E-state index >= 15 is 0 Å². The van der Waals surface area contributed by atoms with Crippen LogP contribution in [0.2, 0.25) is 0 Å². The summed E-state index contributed by atoms with van der Waals surface area (Å²) in [5, 5.41) is 14.1. The first-order valence-electron chi connectivity index (χ1n) is 8.02. The van der Waals surface area contributed by atoms with Gasteiger partial charge in [-0.15, -0.1) is 10.2 Å². The molecule has 0 amide bonds. The number of aromatic nitrogens is 4. The Morgan fingerprint density at radius 1 is 1.21 bits per heavy atom. The molecule has 126 valence electrons.